The summed E-state index contributed by atoms with van der Waals surface area (Å²) < 4.78 is 0. The van der Waals surface area contributed by atoms with Crippen LogP contribution in [0.15, 0.2) is 77.4 Å². The van der Waals surface area contributed by atoms with Gasteiger partial charge in [-0.05, 0) is 71.9 Å². The van der Waals surface area contributed by atoms with Crippen molar-refractivity contribution in [1.29, 1.82) is 0 Å². The molecule has 0 aromatic heterocycles. The van der Waals surface area contributed by atoms with Crippen LogP contribution in [0.5, 0.6) is 0 Å². The fourth-order valence-electron chi connectivity index (χ4n) is 5.30. The Bertz CT molecular complexity index is 1540. The zero-order valence-electron chi connectivity index (χ0n) is 20.7. The maximum Gasteiger partial charge on any atom is 0.289 e. The van der Waals surface area contributed by atoms with Gasteiger partial charge in [0.15, 0.2) is 0 Å². The maximum atomic E-state index is 13.9. The summed E-state index contributed by atoms with van der Waals surface area (Å²) in [5.74, 6) is -0.600. The smallest absolute Gasteiger partial charge is 0.267 e. The van der Waals surface area contributed by atoms with Gasteiger partial charge in [0.25, 0.3) is 17.3 Å². The summed E-state index contributed by atoms with van der Waals surface area (Å²) in [5.41, 5.74) is 2.02. The first kappa shape index (κ1) is 26.5. The number of amides is 1. The van der Waals surface area contributed by atoms with E-state index in [1.807, 2.05) is 30.3 Å². The van der Waals surface area contributed by atoms with Crippen molar-refractivity contribution < 1.29 is 14.6 Å². The quantitative estimate of drug-likeness (QED) is 0.235. The van der Waals surface area contributed by atoms with Crippen molar-refractivity contribution >= 4 is 52.3 Å². The molecule has 3 aromatic rings. The first-order chi connectivity index (χ1) is 18.6. The van der Waals surface area contributed by atoms with Gasteiger partial charge in [-0.2, -0.15) is 5.10 Å². The first-order valence-electron chi connectivity index (χ1n) is 12.2. The Morgan fingerprint density at radius 1 is 0.974 bits per heavy atom. The standard InChI is InChI=1S/C28H22Cl2N4O5/c1-16-12-19(14-17-2-6-20(29)7-3-17)26-24(13-16)27(18-4-8-21(30)9-5-18)32(31-26)28(35)23-11-10-22(33(36)37)15-25(23)34(38)39/h2-11,14-16,24,27H,12-13H2,1H3. The second kappa shape index (κ2) is 10.6. The number of allylic oxidation sites excluding steroid dienone is 1. The van der Waals surface area contributed by atoms with Gasteiger partial charge in [-0.1, -0.05) is 54.4 Å². The maximum absolute atomic E-state index is 13.9. The number of rotatable bonds is 5. The number of hydrogen-bond acceptors (Lipinski definition) is 6. The van der Waals surface area contributed by atoms with E-state index in [4.69, 9.17) is 28.3 Å². The minimum Gasteiger partial charge on any atom is -0.267 e. The minimum atomic E-state index is -0.790. The zero-order chi connectivity index (χ0) is 27.8. The average molecular weight is 565 g/mol. The van der Waals surface area contributed by atoms with E-state index < -0.39 is 33.2 Å². The predicted octanol–water partition coefficient (Wildman–Crippen LogP) is 7.49. The minimum absolute atomic E-state index is 0.172. The topological polar surface area (TPSA) is 119 Å². The third-order valence-corrected chi connectivity index (χ3v) is 7.52. The van der Waals surface area contributed by atoms with E-state index in [-0.39, 0.29) is 17.4 Å². The second-order valence-electron chi connectivity index (χ2n) is 9.72. The number of halogens is 2. The van der Waals surface area contributed by atoms with Crippen molar-refractivity contribution in [3.8, 4) is 0 Å². The molecule has 5 rings (SSSR count). The number of carbonyl (C=O) groups excluding carboxylic acids is 1. The number of nitro benzene ring substituents is 2. The number of nitro groups is 2. The van der Waals surface area contributed by atoms with E-state index in [9.17, 15) is 25.0 Å². The molecule has 3 unspecified atom stereocenters. The van der Waals surface area contributed by atoms with Crippen molar-refractivity contribution in [3.05, 3.63) is 119 Å². The van der Waals surface area contributed by atoms with Gasteiger partial charge in [0.05, 0.1) is 27.7 Å². The van der Waals surface area contributed by atoms with Crippen LogP contribution in [0.25, 0.3) is 6.08 Å². The van der Waals surface area contributed by atoms with Gasteiger partial charge in [-0.25, -0.2) is 5.01 Å². The fourth-order valence-corrected chi connectivity index (χ4v) is 5.55. The van der Waals surface area contributed by atoms with Crippen LogP contribution in [0.4, 0.5) is 11.4 Å². The molecule has 0 bridgehead atoms. The van der Waals surface area contributed by atoms with Crippen LogP contribution in [0.2, 0.25) is 10.0 Å². The molecular formula is C28H22Cl2N4O5. The number of non-ortho nitro benzene ring substituents is 1. The second-order valence-corrected chi connectivity index (χ2v) is 10.6. The summed E-state index contributed by atoms with van der Waals surface area (Å²) in [6.45, 7) is 2.14. The Kier molecular flexibility index (Phi) is 7.20. The van der Waals surface area contributed by atoms with Crippen molar-refractivity contribution in [2.24, 2.45) is 16.9 Å². The Balaban J connectivity index is 1.64. The lowest BCUT2D eigenvalue weighted by atomic mass is 9.73. The summed E-state index contributed by atoms with van der Waals surface area (Å²) in [6, 6.07) is 16.9. The molecule has 0 N–H and O–H groups in total. The molecule has 1 aliphatic heterocycles. The molecule has 198 valence electrons. The average Bonchev–Trinajstić information content (AvgIpc) is 3.29. The summed E-state index contributed by atoms with van der Waals surface area (Å²) >= 11 is 12.2. The fraction of sp³-hybridized carbons (Fsp3) is 0.214. The molecule has 3 atom stereocenters. The van der Waals surface area contributed by atoms with Crippen LogP contribution in [0, 0.1) is 32.1 Å². The Morgan fingerprint density at radius 3 is 2.23 bits per heavy atom. The van der Waals surface area contributed by atoms with E-state index in [1.165, 1.54) is 5.01 Å². The number of benzene rings is 3. The molecule has 1 heterocycles. The van der Waals surface area contributed by atoms with E-state index in [2.05, 4.69) is 6.92 Å². The van der Waals surface area contributed by atoms with Crippen LogP contribution in [0.1, 0.15) is 47.3 Å². The van der Waals surface area contributed by atoms with Gasteiger partial charge in [0.2, 0.25) is 0 Å². The van der Waals surface area contributed by atoms with Gasteiger partial charge >= 0.3 is 0 Å². The molecule has 9 nitrogen and oxygen atoms in total. The molecule has 1 fully saturated rings. The number of fused-ring (bicyclic) bond motifs is 1. The van der Waals surface area contributed by atoms with E-state index in [0.717, 1.165) is 53.5 Å². The van der Waals surface area contributed by atoms with Crippen LogP contribution < -0.4 is 0 Å². The van der Waals surface area contributed by atoms with Gasteiger partial charge < -0.3 is 0 Å². The van der Waals surface area contributed by atoms with Crippen molar-refractivity contribution in [1.82, 2.24) is 5.01 Å². The van der Waals surface area contributed by atoms with Gasteiger partial charge in [0, 0.05) is 22.0 Å². The van der Waals surface area contributed by atoms with Crippen LogP contribution in [-0.2, 0) is 0 Å². The Labute approximate surface area is 233 Å². The molecule has 11 heteroatoms. The van der Waals surface area contributed by atoms with Gasteiger partial charge in [-0.3, -0.25) is 25.0 Å². The monoisotopic (exact) mass is 564 g/mol. The predicted molar refractivity (Wildman–Crippen MR) is 149 cm³/mol. The molecule has 0 radical (unpaired) electrons. The largest absolute Gasteiger partial charge is 0.289 e. The number of hydrazone groups is 1. The molecule has 0 spiro atoms. The summed E-state index contributed by atoms with van der Waals surface area (Å²) in [7, 11) is 0. The molecule has 3 aromatic carbocycles. The number of nitrogens with zero attached hydrogens (tertiary/aromatic N) is 4. The van der Waals surface area contributed by atoms with E-state index >= 15 is 0 Å². The molecule has 1 amide bonds. The van der Waals surface area contributed by atoms with Crippen LogP contribution >= 0.6 is 23.2 Å². The molecule has 39 heavy (non-hydrogen) atoms. The normalized spacial score (nSPS) is 21.4. The highest BCUT2D eigenvalue weighted by Gasteiger charge is 2.46. The SMILES string of the molecule is CC1CC(=Cc2ccc(Cl)cc2)C2=NN(C(=O)c3ccc([N+](=O)[O-])cc3[N+](=O)[O-])C(c3ccc(Cl)cc3)C2C1. The third-order valence-electron chi connectivity index (χ3n) is 7.01. The lowest BCUT2D eigenvalue weighted by molar-refractivity contribution is -0.394. The van der Waals surface area contributed by atoms with Crippen LogP contribution in [-0.4, -0.2) is 26.5 Å². The lowest BCUT2D eigenvalue weighted by Crippen LogP contribution is -2.33. The third kappa shape index (κ3) is 5.28. The summed E-state index contributed by atoms with van der Waals surface area (Å²) in [6.07, 6.45) is 3.51. The number of carbonyl (C=O) groups is 1. The zero-order valence-corrected chi connectivity index (χ0v) is 22.2. The molecule has 1 aliphatic carbocycles. The Hall–Kier alpha value is -4.08. The first-order valence-corrected chi connectivity index (χ1v) is 12.9. The highest BCUT2D eigenvalue weighted by Crippen LogP contribution is 2.47. The van der Waals surface area contributed by atoms with Crippen molar-refractivity contribution in [2.45, 2.75) is 25.8 Å². The Morgan fingerprint density at radius 2 is 1.62 bits per heavy atom. The molecular weight excluding hydrogens is 543 g/mol. The lowest BCUT2D eigenvalue weighted by Gasteiger charge is -2.32. The van der Waals surface area contributed by atoms with Crippen LogP contribution in [0.3, 0.4) is 0 Å². The van der Waals surface area contributed by atoms with Crippen molar-refractivity contribution in [2.75, 3.05) is 0 Å². The van der Waals surface area contributed by atoms with Gasteiger partial charge in [-0.15, -0.1) is 0 Å². The highest BCUT2D eigenvalue weighted by molar-refractivity contribution is 6.30. The van der Waals surface area contributed by atoms with E-state index in [0.29, 0.717) is 10.0 Å². The summed E-state index contributed by atoms with van der Waals surface area (Å²) in [5, 5.41) is 30.2. The number of hydrogen-bond donors (Lipinski definition) is 0. The molecule has 1 saturated carbocycles. The summed E-state index contributed by atoms with van der Waals surface area (Å²) in [4.78, 5) is 35.4. The molecule has 0 saturated heterocycles. The van der Waals surface area contributed by atoms with Gasteiger partial charge in [0.1, 0.15) is 5.56 Å². The highest BCUT2D eigenvalue weighted by atomic mass is 35.5. The van der Waals surface area contributed by atoms with Crippen molar-refractivity contribution in [3.63, 3.8) is 0 Å². The molecule has 2 aliphatic rings. The van der Waals surface area contributed by atoms with E-state index in [1.54, 1.807) is 24.3 Å².